The Balaban J connectivity index is 4.43. The molecule has 0 spiro atoms. The molecule has 0 aromatic carbocycles. The number of halogens is 10. The summed E-state index contributed by atoms with van der Waals surface area (Å²) < 4.78 is 92.7. The van der Waals surface area contributed by atoms with Gasteiger partial charge in [0.25, 0.3) is 0 Å². The van der Waals surface area contributed by atoms with E-state index in [1.54, 1.807) is 0 Å². The first-order valence-corrected chi connectivity index (χ1v) is 10.5. The van der Waals surface area contributed by atoms with Gasteiger partial charge >= 0.3 is 30.2 Å². The van der Waals surface area contributed by atoms with Gasteiger partial charge < -0.3 is 9.47 Å². The van der Waals surface area contributed by atoms with E-state index in [9.17, 15) is 35.5 Å². The van der Waals surface area contributed by atoms with Gasteiger partial charge in [0.2, 0.25) is 0 Å². The molecule has 0 atom stereocenters. The molecule has 3 nitrogen and oxygen atoms in total. The van der Waals surface area contributed by atoms with E-state index in [1.807, 2.05) is 0 Å². The van der Waals surface area contributed by atoms with Gasteiger partial charge in [-0.3, -0.25) is 0 Å². The molecule has 22 heavy (non-hydrogen) atoms. The molecule has 0 aromatic heterocycles. The van der Waals surface area contributed by atoms with E-state index in [0.29, 0.717) is 0 Å². The highest BCUT2D eigenvalue weighted by Gasteiger charge is 2.74. The lowest BCUT2D eigenvalue weighted by atomic mass is 10.3. The molecule has 0 aliphatic rings. The van der Waals surface area contributed by atoms with Crippen molar-refractivity contribution in [2.75, 3.05) is 13.2 Å². The molecule has 0 unspecified atom stereocenters. The van der Waals surface area contributed by atoms with Crippen molar-refractivity contribution in [2.45, 2.75) is 30.7 Å². The standard InChI is InChI=1S/C8H8Cl3F7O3Si/c9-22(10,11)3-1-2-20-5(19)4-21-6(12,7(13,14)15)8(16,17)18/h1-4H2. The fraction of sp³-hybridized carbons (Fsp3) is 0.875. The zero-order chi connectivity index (χ0) is 17.8. The second-order valence-corrected chi connectivity index (χ2v) is 13.1. The van der Waals surface area contributed by atoms with E-state index in [0.717, 1.165) is 0 Å². The van der Waals surface area contributed by atoms with Gasteiger partial charge in [-0.2, -0.15) is 30.7 Å². The molecular formula is C8H8Cl3F7O3Si. The molecule has 0 heterocycles. The first-order valence-electron chi connectivity index (χ1n) is 5.29. The van der Waals surface area contributed by atoms with Crippen molar-refractivity contribution in [3.05, 3.63) is 0 Å². The van der Waals surface area contributed by atoms with Crippen molar-refractivity contribution in [3.8, 4) is 0 Å². The number of hydrogen-bond donors (Lipinski definition) is 0. The number of ether oxygens (including phenoxy) is 2. The number of alkyl halides is 7. The van der Waals surface area contributed by atoms with Crippen molar-refractivity contribution >= 4 is 45.2 Å². The molecule has 14 heteroatoms. The Kier molecular flexibility index (Phi) is 7.74. The van der Waals surface area contributed by atoms with Gasteiger partial charge in [-0.05, 0) is 12.5 Å². The van der Waals surface area contributed by atoms with Crippen LogP contribution in [0.5, 0.6) is 0 Å². The fourth-order valence-corrected chi connectivity index (χ4v) is 2.73. The fourth-order valence-electron chi connectivity index (χ4n) is 0.983. The minimum Gasteiger partial charge on any atom is -0.464 e. The monoisotopic (exact) mass is 418 g/mol. The molecule has 0 rings (SSSR count). The minimum atomic E-state index is -6.41. The first-order chi connectivity index (χ1) is 9.60. The molecule has 0 saturated heterocycles. The van der Waals surface area contributed by atoms with Gasteiger partial charge in [0.1, 0.15) is 6.61 Å². The molecule has 132 valence electrons. The summed E-state index contributed by atoms with van der Waals surface area (Å²) >= 11 is 16.4. The summed E-state index contributed by atoms with van der Waals surface area (Å²) in [4.78, 5) is 10.9. The smallest absolute Gasteiger partial charge is 0.458 e. The van der Waals surface area contributed by atoms with E-state index < -0.39 is 43.4 Å². The summed E-state index contributed by atoms with van der Waals surface area (Å²) in [6, 6.07) is -2.95. The summed E-state index contributed by atoms with van der Waals surface area (Å²) in [7, 11) is 0. The van der Waals surface area contributed by atoms with Gasteiger partial charge in [-0.25, -0.2) is 4.79 Å². The van der Waals surface area contributed by atoms with Crippen molar-refractivity contribution in [1.29, 1.82) is 0 Å². The van der Waals surface area contributed by atoms with Gasteiger partial charge in [0.05, 0.1) is 6.61 Å². The molecule has 0 amide bonds. The van der Waals surface area contributed by atoms with Crippen LogP contribution in [0.15, 0.2) is 0 Å². The summed E-state index contributed by atoms with van der Waals surface area (Å²) in [5, 5.41) is 0. The van der Waals surface area contributed by atoms with Crippen LogP contribution in [0.2, 0.25) is 6.04 Å². The quantitative estimate of drug-likeness (QED) is 0.202. The van der Waals surface area contributed by atoms with Crippen LogP contribution in [0.3, 0.4) is 0 Å². The Bertz CT molecular complexity index is 369. The van der Waals surface area contributed by atoms with Crippen molar-refractivity contribution in [2.24, 2.45) is 0 Å². The number of carbonyl (C=O) groups excluding carboxylic acids is 1. The van der Waals surface area contributed by atoms with E-state index in [4.69, 9.17) is 33.2 Å². The van der Waals surface area contributed by atoms with Crippen LogP contribution < -0.4 is 0 Å². The van der Waals surface area contributed by atoms with Crippen molar-refractivity contribution in [1.82, 2.24) is 0 Å². The van der Waals surface area contributed by atoms with Crippen LogP contribution in [0.25, 0.3) is 0 Å². The largest absolute Gasteiger partial charge is 0.464 e. The lowest BCUT2D eigenvalue weighted by Gasteiger charge is -2.29. The Hall–Kier alpha value is 0.0269. The van der Waals surface area contributed by atoms with Crippen LogP contribution in [-0.4, -0.2) is 43.4 Å². The number of carbonyl (C=O) groups is 1. The maximum atomic E-state index is 13.0. The molecule has 0 N–H and O–H groups in total. The molecular weight excluding hydrogens is 412 g/mol. The highest BCUT2D eigenvalue weighted by molar-refractivity contribution is 7.64. The zero-order valence-electron chi connectivity index (χ0n) is 10.3. The maximum Gasteiger partial charge on any atom is 0.458 e. The maximum absolute atomic E-state index is 13.0. The lowest BCUT2D eigenvalue weighted by Crippen LogP contribution is -2.55. The topological polar surface area (TPSA) is 35.5 Å². The normalized spacial score (nSPS) is 14.1. The van der Waals surface area contributed by atoms with E-state index >= 15 is 0 Å². The SMILES string of the molecule is O=C(COC(F)(C(F)(F)F)C(F)(F)F)OCCC[Si](Cl)(Cl)Cl. The summed E-state index contributed by atoms with van der Waals surface area (Å²) in [5.41, 5.74) is 0. The highest BCUT2D eigenvalue weighted by atomic mass is 35.8. The summed E-state index contributed by atoms with van der Waals surface area (Å²) in [6.45, 7) is -2.32. The Labute approximate surface area is 134 Å². The molecule has 0 fully saturated rings. The minimum absolute atomic E-state index is 0.0216. The Morgan fingerprint density at radius 2 is 1.41 bits per heavy atom. The van der Waals surface area contributed by atoms with E-state index in [1.165, 1.54) is 0 Å². The third-order valence-electron chi connectivity index (χ3n) is 1.99. The summed E-state index contributed by atoms with van der Waals surface area (Å²) in [6.07, 6.45) is -12.8. The zero-order valence-corrected chi connectivity index (χ0v) is 13.6. The van der Waals surface area contributed by atoms with Crippen LogP contribution in [-0.2, 0) is 14.3 Å². The van der Waals surface area contributed by atoms with Crippen molar-refractivity contribution in [3.63, 3.8) is 0 Å². The van der Waals surface area contributed by atoms with Crippen molar-refractivity contribution < 1.29 is 45.0 Å². The second-order valence-electron chi connectivity index (χ2n) is 3.82. The van der Waals surface area contributed by atoms with Crippen LogP contribution in [0.4, 0.5) is 30.7 Å². The van der Waals surface area contributed by atoms with Gasteiger partial charge in [-0.1, -0.05) is 0 Å². The molecule has 0 aromatic rings. The molecule has 0 radical (unpaired) electrons. The molecule has 0 bridgehead atoms. The lowest BCUT2D eigenvalue weighted by molar-refractivity contribution is -0.428. The van der Waals surface area contributed by atoms with Crippen LogP contribution >= 0.6 is 33.2 Å². The van der Waals surface area contributed by atoms with Gasteiger partial charge in [0, 0.05) is 0 Å². The predicted molar refractivity (Wildman–Crippen MR) is 65.6 cm³/mol. The predicted octanol–water partition coefficient (Wildman–Crippen LogP) is 4.38. The molecule has 0 aliphatic heterocycles. The third-order valence-corrected chi connectivity index (χ3v) is 4.61. The number of hydrogen-bond acceptors (Lipinski definition) is 3. The highest BCUT2D eigenvalue weighted by Crippen LogP contribution is 2.46. The van der Waals surface area contributed by atoms with Gasteiger partial charge in [-0.15, -0.1) is 33.2 Å². The van der Waals surface area contributed by atoms with E-state index in [-0.39, 0.29) is 12.5 Å². The van der Waals surface area contributed by atoms with Crippen LogP contribution in [0, 0.1) is 0 Å². The van der Waals surface area contributed by atoms with Crippen LogP contribution in [0.1, 0.15) is 6.42 Å². The first kappa shape index (κ1) is 22.0. The second kappa shape index (κ2) is 7.73. The Morgan fingerprint density at radius 1 is 0.955 bits per heavy atom. The number of rotatable bonds is 7. The van der Waals surface area contributed by atoms with Gasteiger partial charge in [0.15, 0.2) is 0 Å². The summed E-state index contributed by atoms with van der Waals surface area (Å²) in [5.74, 6) is -7.59. The molecule has 0 aliphatic carbocycles. The number of esters is 1. The van der Waals surface area contributed by atoms with E-state index in [2.05, 4.69) is 9.47 Å². The average molecular weight is 420 g/mol. The molecule has 0 saturated carbocycles. The third kappa shape index (κ3) is 7.07. The Morgan fingerprint density at radius 3 is 1.77 bits per heavy atom. The average Bonchev–Trinajstić information content (AvgIpc) is 2.27.